The molecule has 1 aliphatic carbocycles. The van der Waals surface area contributed by atoms with Crippen LogP contribution in [0.15, 0.2) is 48.5 Å². The van der Waals surface area contributed by atoms with Gasteiger partial charge in [0.1, 0.15) is 24.7 Å². The predicted octanol–water partition coefficient (Wildman–Crippen LogP) is 0.863. The van der Waals surface area contributed by atoms with Crippen molar-refractivity contribution in [2.45, 2.75) is 44.3 Å². The number of ether oxygens (including phenoxy) is 1. The number of nitrogens with two attached hydrogens (primary N) is 1. The summed E-state index contributed by atoms with van der Waals surface area (Å²) in [5, 5.41) is 16.0. The number of benzene rings is 2. The summed E-state index contributed by atoms with van der Waals surface area (Å²) >= 11 is 0. The molecule has 4 amide bonds. The Balaban J connectivity index is 1.51. The normalized spacial score (nSPS) is 14.4. The summed E-state index contributed by atoms with van der Waals surface area (Å²) in [6, 6.07) is 12.1. The second-order valence-corrected chi connectivity index (χ2v) is 8.49. The van der Waals surface area contributed by atoms with E-state index >= 15 is 0 Å². The standard InChI is InChI=1S/C25H28N4O7/c1-13(23(32)29-20(24(33)34)11-21(26)30)27-22(31)14(2)28-25(35)36-12-19-17-9-5-3-7-15(17)16-8-4-6-10-18(16)19/h3-10,13-14,19-20H,11-12H2,1-2H3,(H2,26,30)(H,27,31)(H,28,35)(H,29,32)(H,33,34)/t13-,14-,20?/m0/s1. The minimum atomic E-state index is -1.52. The molecule has 0 aromatic heterocycles. The SMILES string of the molecule is C[C@H](NC(=O)OCC1c2ccccc2-c2ccccc21)C(=O)N[C@@H](C)C(=O)NC(CC(N)=O)C(=O)O. The molecule has 0 fully saturated rings. The molecule has 11 nitrogen and oxygen atoms in total. The zero-order chi connectivity index (χ0) is 26.4. The zero-order valence-electron chi connectivity index (χ0n) is 19.8. The molecule has 190 valence electrons. The van der Waals surface area contributed by atoms with E-state index in [9.17, 15) is 24.0 Å². The number of carbonyl (C=O) groups is 5. The van der Waals surface area contributed by atoms with Crippen molar-refractivity contribution in [1.82, 2.24) is 16.0 Å². The van der Waals surface area contributed by atoms with Gasteiger partial charge in [-0.15, -0.1) is 0 Å². The molecule has 0 heterocycles. The van der Waals surface area contributed by atoms with Crippen molar-refractivity contribution in [1.29, 1.82) is 0 Å². The van der Waals surface area contributed by atoms with Crippen LogP contribution in [-0.4, -0.2) is 59.6 Å². The molecule has 2 aromatic carbocycles. The van der Waals surface area contributed by atoms with Crippen molar-refractivity contribution in [2.24, 2.45) is 5.73 Å². The average molecular weight is 497 g/mol. The maximum Gasteiger partial charge on any atom is 0.407 e. The van der Waals surface area contributed by atoms with Gasteiger partial charge in [0.15, 0.2) is 0 Å². The van der Waals surface area contributed by atoms with Crippen LogP contribution in [-0.2, 0) is 23.9 Å². The molecule has 6 N–H and O–H groups in total. The molecule has 0 spiro atoms. The van der Waals surface area contributed by atoms with Crippen LogP contribution in [0, 0.1) is 0 Å². The van der Waals surface area contributed by atoms with Crippen molar-refractivity contribution < 1.29 is 33.8 Å². The Labute approximate surface area is 207 Å². The van der Waals surface area contributed by atoms with Gasteiger partial charge < -0.3 is 31.5 Å². The molecule has 0 saturated carbocycles. The highest BCUT2D eigenvalue weighted by Crippen LogP contribution is 2.44. The lowest BCUT2D eigenvalue weighted by Crippen LogP contribution is -2.54. The van der Waals surface area contributed by atoms with Gasteiger partial charge in [0.05, 0.1) is 6.42 Å². The van der Waals surface area contributed by atoms with Crippen molar-refractivity contribution in [3.63, 3.8) is 0 Å². The van der Waals surface area contributed by atoms with Crippen LogP contribution in [0.25, 0.3) is 11.1 Å². The summed E-state index contributed by atoms with van der Waals surface area (Å²) in [5.74, 6) is -4.00. The van der Waals surface area contributed by atoms with Crippen LogP contribution in [0.1, 0.15) is 37.3 Å². The third kappa shape index (κ3) is 6.17. The minimum Gasteiger partial charge on any atom is -0.480 e. The number of amides is 4. The van der Waals surface area contributed by atoms with E-state index in [0.29, 0.717) is 0 Å². The molecular formula is C25H28N4O7. The Bertz CT molecular complexity index is 1140. The van der Waals surface area contributed by atoms with Gasteiger partial charge in [-0.25, -0.2) is 9.59 Å². The summed E-state index contributed by atoms with van der Waals surface area (Å²) in [4.78, 5) is 59.2. The second-order valence-electron chi connectivity index (χ2n) is 8.49. The van der Waals surface area contributed by atoms with Gasteiger partial charge >= 0.3 is 12.1 Å². The lowest BCUT2D eigenvalue weighted by Gasteiger charge is -2.20. The van der Waals surface area contributed by atoms with Crippen LogP contribution < -0.4 is 21.7 Å². The molecular weight excluding hydrogens is 468 g/mol. The van der Waals surface area contributed by atoms with E-state index in [0.717, 1.165) is 22.3 Å². The molecule has 1 unspecified atom stereocenters. The number of fused-ring (bicyclic) bond motifs is 3. The fourth-order valence-corrected chi connectivity index (χ4v) is 3.98. The Morgan fingerprint density at radius 1 is 0.861 bits per heavy atom. The Hall–Kier alpha value is -4.41. The Morgan fingerprint density at radius 2 is 1.36 bits per heavy atom. The highest BCUT2D eigenvalue weighted by Gasteiger charge is 2.30. The number of rotatable bonds is 10. The molecule has 1 aliphatic rings. The van der Waals surface area contributed by atoms with Gasteiger partial charge in [0.2, 0.25) is 17.7 Å². The first kappa shape index (κ1) is 26.2. The van der Waals surface area contributed by atoms with E-state index in [4.69, 9.17) is 15.6 Å². The summed E-state index contributed by atoms with van der Waals surface area (Å²) in [5.41, 5.74) is 9.26. The van der Waals surface area contributed by atoms with Crippen LogP contribution in [0.4, 0.5) is 4.79 Å². The van der Waals surface area contributed by atoms with Crippen molar-refractivity contribution in [2.75, 3.05) is 6.61 Å². The van der Waals surface area contributed by atoms with Crippen LogP contribution in [0.3, 0.4) is 0 Å². The molecule has 0 aliphatic heterocycles. The molecule has 0 bridgehead atoms. The van der Waals surface area contributed by atoms with E-state index in [1.54, 1.807) is 0 Å². The van der Waals surface area contributed by atoms with Crippen LogP contribution in [0.2, 0.25) is 0 Å². The number of carboxylic acid groups (broad SMARTS) is 1. The van der Waals surface area contributed by atoms with Crippen molar-refractivity contribution >= 4 is 29.8 Å². The number of primary amides is 1. The smallest absolute Gasteiger partial charge is 0.407 e. The number of carboxylic acids is 1. The first-order chi connectivity index (χ1) is 17.1. The van der Waals surface area contributed by atoms with E-state index in [1.807, 2.05) is 48.5 Å². The Morgan fingerprint density at radius 3 is 1.89 bits per heavy atom. The highest BCUT2D eigenvalue weighted by molar-refractivity contribution is 5.93. The maximum atomic E-state index is 12.4. The third-order valence-corrected chi connectivity index (χ3v) is 5.84. The van der Waals surface area contributed by atoms with E-state index in [1.165, 1.54) is 13.8 Å². The van der Waals surface area contributed by atoms with Gasteiger partial charge in [0.25, 0.3) is 0 Å². The largest absolute Gasteiger partial charge is 0.480 e. The predicted molar refractivity (Wildman–Crippen MR) is 129 cm³/mol. The lowest BCUT2D eigenvalue weighted by molar-refractivity contribution is -0.143. The lowest BCUT2D eigenvalue weighted by atomic mass is 9.98. The van der Waals surface area contributed by atoms with Crippen molar-refractivity contribution in [3.8, 4) is 11.1 Å². The molecule has 0 radical (unpaired) electrons. The maximum absolute atomic E-state index is 12.4. The van der Waals surface area contributed by atoms with Crippen molar-refractivity contribution in [3.05, 3.63) is 59.7 Å². The van der Waals surface area contributed by atoms with E-state index < -0.39 is 54.3 Å². The fraction of sp³-hybridized carbons (Fsp3) is 0.320. The Kier molecular flexibility index (Phi) is 8.26. The van der Waals surface area contributed by atoms with Gasteiger partial charge in [-0.05, 0) is 36.1 Å². The zero-order valence-corrected chi connectivity index (χ0v) is 19.8. The summed E-state index contributed by atoms with van der Waals surface area (Å²) < 4.78 is 5.41. The molecule has 11 heteroatoms. The van der Waals surface area contributed by atoms with Gasteiger partial charge in [-0.1, -0.05) is 48.5 Å². The fourth-order valence-electron chi connectivity index (χ4n) is 3.98. The molecule has 0 saturated heterocycles. The second kappa shape index (κ2) is 11.3. The molecule has 3 rings (SSSR count). The van der Waals surface area contributed by atoms with E-state index in [-0.39, 0.29) is 12.5 Å². The van der Waals surface area contributed by atoms with Gasteiger partial charge in [-0.2, -0.15) is 0 Å². The summed E-state index contributed by atoms with van der Waals surface area (Å²) in [6.07, 6.45) is -1.40. The summed E-state index contributed by atoms with van der Waals surface area (Å²) in [6.45, 7) is 2.81. The van der Waals surface area contributed by atoms with Gasteiger partial charge in [-0.3, -0.25) is 14.4 Å². The molecule has 2 aromatic rings. The molecule has 36 heavy (non-hydrogen) atoms. The minimum absolute atomic E-state index is 0.0729. The van der Waals surface area contributed by atoms with Gasteiger partial charge in [0, 0.05) is 5.92 Å². The van der Waals surface area contributed by atoms with Crippen LogP contribution in [0.5, 0.6) is 0 Å². The number of aliphatic carboxylic acids is 1. The number of nitrogens with one attached hydrogen (secondary N) is 3. The topological polar surface area (TPSA) is 177 Å². The number of alkyl carbamates (subject to hydrolysis) is 1. The third-order valence-electron chi connectivity index (χ3n) is 5.84. The molecule has 3 atom stereocenters. The number of carbonyl (C=O) groups excluding carboxylic acids is 4. The number of hydrogen-bond acceptors (Lipinski definition) is 6. The van der Waals surface area contributed by atoms with E-state index in [2.05, 4.69) is 16.0 Å². The first-order valence-electron chi connectivity index (χ1n) is 11.3. The number of hydrogen-bond donors (Lipinski definition) is 5. The average Bonchev–Trinajstić information content (AvgIpc) is 3.15. The highest BCUT2D eigenvalue weighted by atomic mass is 16.5. The first-order valence-corrected chi connectivity index (χ1v) is 11.3. The summed E-state index contributed by atoms with van der Waals surface area (Å²) in [7, 11) is 0. The van der Waals surface area contributed by atoms with Crippen LogP contribution >= 0.6 is 0 Å². The quantitative estimate of drug-likeness (QED) is 0.324. The monoisotopic (exact) mass is 496 g/mol.